The van der Waals surface area contributed by atoms with Crippen LogP contribution < -0.4 is 0 Å². The van der Waals surface area contributed by atoms with Gasteiger partial charge in [0.15, 0.2) is 5.65 Å². The van der Waals surface area contributed by atoms with E-state index in [-0.39, 0.29) is 0 Å². The van der Waals surface area contributed by atoms with E-state index in [0.717, 1.165) is 33.7 Å². The minimum Gasteiger partial charge on any atom is -0.378 e. The maximum Gasteiger partial charge on any atom is 0.163 e. The van der Waals surface area contributed by atoms with Crippen molar-refractivity contribution in [3.8, 4) is 22.4 Å². The predicted molar refractivity (Wildman–Crippen MR) is 92.4 cm³/mol. The van der Waals surface area contributed by atoms with E-state index in [1.807, 2.05) is 47.1 Å². The molecule has 0 aliphatic heterocycles. The Morgan fingerprint density at radius 1 is 0.917 bits per heavy atom. The summed E-state index contributed by atoms with van der Waals surface area (Å²) in [6.45, 7) is 0.434. The molecule has 0 aliphatic rings. The first-order valence-electron chi connectivity index (χ1n) is 7.70. The van der Waals surface area contributed by atoms with Gasteiger partial charge in [0.05, 0.1) is 23.6 Å². The highest BCUT2D eigenvalue weighted by Crippen LogP contribution is 2.30. The largest absolute Gasteiger partial charge is 0.378 e. The van der Waals surface area contributed by atoms with Gasteiger partial charge >= 0.3 is 0 Å². The monoisotopic (exact) mass is 316 g/mol. The van der Waals surface area contributed by atoms with Crippen LogP contribution >= 0.6 is 0 Å². The maximum atomic E-state index is 5.35. The molecule has 0 unspecified atom stereocenters. The van der Waals surface area contributed by atoms with E-state index in [0.29, 0.717) is 6.61 Å². The minimum atomic E-state index is 0.434. The summed E-state index contributed by atoms with van der Waals surface area (Å²) in [6.07, 6.45) is 5.37. The van der Waals surface area contributed by atoms with Gasteiger partial charge in [-0.05, 0) is 23.8 Å². The van der Waals surface area contributed by atoms with Crippen LogP contribution in [0.1, 0.15) is 5.69 Å². The quantitative estimate of drug-likeness (QED) is 0.577. The Bertz CT molecular complexity index is 965. The van der Waals surface area contributed by atoms with E-state index in [2.05, 4.69) is 22.1 Å². The Kier molecular flexibility index (Phi) is 3.76. The van der Waals surface area contributed by atoms with E-state index in [1.165, 1.54) is 0 Å². The molecule has 0 spiro atoms. The van der Waals surface area contributed by atoms with Gasteiger partial charge in [0.25, 0.3) is 0 Å². The van der Waals surface area contributed by atoms with Crippen molar-refractivity contribution in [3.05, 3.63) is 72.8 Å². The van der Waals surface area contributed by atoms with Gasteiger partial charge in [0.1, 0.15) is 0 Å². The van der Waals surface area contributed by atoms with E-state index < -0.39 is 0 Å². The van der Waals surface area contributed by atoms with Crippen molar-refractivity contribution in [3.63, 3.8) is 0 Å². The third-order valence-corrected chi connectivity index (χ3v) is 3.91. The SMILES string of the molecule is COCc1nn2c(-c3ccncc3)ccnc2c1-c1ccccc1. The molecule has 0 saturated heterocycles. The van der Waals surface area contributed by atoms with Crippen LogP contribution in [0.15, 0.2) is 67.1 Å². The molecule has 4 rings (SSSR count). The lowest BCUT2D eigenvalue weighted by atomic mass is 10.1. The fourth-order valence-corrected chi connectivity index (χ4v) is 2.87. The second kappa shape index (κ2) is 6.22. The molecule has 1 aromatic carbocycles. The summed E-state index contributed by atoms with van der Waals surface area (Å²) >= 11 is 0. The standard InChI is InChI=1S/C19H16N4O/c1-24-13-16-18(15-5-3-2-4-6-15)19-21-12-9-17(23(19)22-16)14-7-10-20-11-8-14/h2-12H,13H2,1H3. The Morgan fingerprint density at radius 3 is 2.46 bits per heavy atom. The molecule has 4 aromatic rings. The molecule has 0 atom stereocenters. The number of ether oxygens (including phenoxy) is 1. The highest BCUT2D eigenvalue weighted by atomic mass is 16.5. The molecule has 0 radical (unpaired) electrons. The first-order valence-corrected chi connectivity index (χ1v) is 7.70. The molecule has 5 heteroatoms. The van der Waals surface area contributed by atoms with Crippen LogP contribution in [0.3, 0.4) is 0 Å². The highest BCUT2D eigenvalue weighted by Gasteiger charge is 2.17. The van der Waals surface area contributed by atoms with E-state index in [9.17, 15) is 0 Å². The summed E-state index contributed by atoms with van der Waals surface area (Å²) in [4.78, 5) is 8.66. The molecule has 0 amide bonds. The van der Waals surface area contributed by atoms with Crippen LogP contribution in [0.4, 0.5) is 0 Å². The average Bonchev–Trinajstić information content (AvgIpc) is 3.01. The van der Waals surface area contributed by atoms with Gasteiger partial charge in [-0.1, -0.05) is 30.3 Å². The molecule has 0 bridgehead atoms. The Balaban J connectivity index is 2.01. The number of methoxy groups -OCH3 is 1. The number of aromatic nitrogens is 4. The minimum absolute atomic E-state index is 0.434. The molecular formula is C19H16N4O. The number of hydrogen-bond donors (Lipinski definition) is 0. The number of benzene rings is 1. The van der Waals surface area contributed by atoms with Gasteiger partial charge < -0.3 is 4.74 Å². The van der Waals surface area contributed by atoms with Gasteiger partial charge in [-0.3, -0.25) is 4.98 Å². The Morgan fingerprint density at radius 2 is 1.71 bits per heavy atom. The first-order chi connectivity index (χ1) is 11.9. The smallest absolute Gasteiger partial charge is 0.163 e. The maximum absolute atomic E-state index is 5.35. The summed E-state index contributed by atoms with van der Waals surface area (Å²) in [7, 11) is 1.68. The Hall–Kier alpha value is -3.05. The fraction of sp³-hybridized carbons (Fsp3) is 0.105. The number of nitrogens with zero attached hydrogens (tertiary/aromatic N) is 4. The lowest BCUT2D eigenvalue weighted by Gasteiger charge is -2.04. The second-order valence-corrected chi connectivity index (χ2v) is 5.42. The van der Waals surface area contributed by atoms with Crippen LogP contribution in [0.25, 0.3) is 28.0 Å². The highest BCUT2D eigenvalue weighted by molar-refractivity contribution is 5.81. The molecule has 5 nitrogen and oxygen atoms in total. The molecule has 3 heterocycles. The van der Waals surface area contributed by atoms with Crippen molar-refractivity contribution in [1.29, 1.82) is 0 Å². The topological polar surface area (TPSA) is 52.3 Å². The lowest BCUT2D eigenvalue weighted by molar-refractivity contribution is 0.181. The zero-order valence-electron chi connectivity index (χ0n) is 13.3. The van der Waals surface area contributed by atoms with E-state index in [4.69, 9.17) is 9.84 Å². The summed E-state index contributed by atoms with van der Waals surface area (Å²) in [5.74, 6) is 0. The van der Waals surface area contributed by atoms with Crippen molar-refractivity contribution in [2.24, 2.45) is 0 Å². The average molecular weight is 316 g/mol. The van der Waals surface area contributed by atoms with Gasteiger partial charge in [-0.2, -0.15) is 5.10 Å². The summed E-state index contributed by atoms with van der Waals surface area (Å²) < 4.78 is 7.23. The van der Waals surface area contributed by atoms with Crippen LogP contribution in [0, 0.1) is 0 Å². The molecule has 24 heavy (non-hydrogen) atoms. The Labute approximate surface area is 139 Å². The van der Waals surface area contributed by atoms with Crippen LogP contribution in [0.5, 0.6) is 0 Å². The zero-order chi connectivity index (χ0) is 16.4. The van der Waals surface area contributed by atoms with Gasteiger partial charge in [0.2, 0.25) is 0 Å². The van der Waals surface area contributed by atoms with Crippen molar-refractivity contribution in [1.82, 2.24) is 19.6 Å². The predicted octanol–water partition coefficient (Wildman–Crippen LogP) is 3.60. The van der Waals surface area contributed by atoms with Crippen molar-refractivity contribution < 1.29 is 4.74 Å². The van der Waals surface area contributed by atoms with Gasteiger partial charge in [-0.15, -0.1) is 0 Å². The lowest BCUT2D eigenvalue weighted by Crippen LogP contribution is -1.96. The van der Waals surface area contributed by atoms with Crippen molar-refractivity contribution in [2.45, 2.75) is 6.61 Å². The number of pyridine rings is 1. The van der Waals surface area contributed by atoms with Crippen LogP contribution in [0.2, 0.25) is 0 Å². The number of rotatable bonds is 4. The van der Waals surface area contributed by atoms with E-state index in [1.54, 1.807) is 19.5 Å². The third-order valence-electron chi connectivity index (χ3n) is 3.91. The second-order valence-electron chi connectivity index (χ2n) is 5.42. The third kappa shape index (κ3) is 2.45. The molecule has 0 fully saturated rings. The van der Waals surface area contributed by atoms with Crippen LogP contribution in [-0.2, 0) is 11.3 Å². The zero-order valence-corrected chi connectivity index (χ0v) is 13.3. The number of fused-ring (bicyclic) bond motifs is 1. The van der Waals surface area contributed by atoms with Gasteiger partial charge in [0, 0.05) is 31.3 Å². The summed E-state index contributed by atoms with van der Waals surface area (Å²) in [6, 6.07) is 16.1. The summed E-state index contributed by atoms with van der Waals surface area (Å²) in [5.41, 5.74) is 5.80. The summed E-state index contributed by atoms with van der Waals surface area (Å²) in [5, 5.41) is 4.76. The molecule has 0 N–H and O–H groups in total. The van der Waals surface area contributed by atoms with Crippen molar-refractivity contribution in [2.75, 3.05) is 7.11 Å². The molecule has 3 aromatic heterocycles. The van der Waals surface area contributed by atoms with Crippen LogP contribution in [-0.4, -0.2) is 26.7 Å². The van der Waals surface area contributed by atoms with E-state index >= 15 is 0 Å². The fourth-order valence-electron chi connectivity index (χ4n) is 2.87. The normalized spacial score (nSPS) is 11.0. The van der Waals surface area contributed by atoms with Crippen molar-refractivity contribution >= 4 is 5.65 Å². The molecule has 0 saturated carbocycles. The molecule has 0 aliphatic carbocycles. The first kappa shape index (κ1) is 14.5. The number of hydrogen-bond acceptors (Lipinski definition) is 4. The molecular weight excluding hydrogens is 300 g/mol. The molecule has 118 valence electrons. The van der Waals surface area contributed by atoms with Gasteiger partial charge in [-0.25, -0.2) is 9.50 Å².